The normalized spacial score (nSPS) is 11.1. The third-order valence-electron chi connectivity index (χ3n) is 3.14. The van der Waals surface area contributed by atoms with Gasteiger partial charge in [-0.1, -0.05) is 35.5 Å². The van der Waals surface area contributed by atoms with E-state index in [0.717, 1.165) is 5.56 Å². The zero-order valence-electron chi connectivity index (χ0n) is 12.3. The van der Waals surface area contributed by atoms with Crippen molar-refractivity contribution >= 4 is 5.91 Å². The van der Waals surface area contributed by atoms with E-state index in [1.807, 2.05) is 58.0 Å². The molecule has 4 heteroatoms. The first kappa shape index (κ1) is 14.3. The molecule has 0 aliphatic heterocycles. The summed E-state index contributed by atoms with van der Waals surface area (Å²) in [6.45, 7) is 7.97. The van der Waals surface area contributed by atoms with Crippen LogP contribution in [-0.2, 0) is 0 Å². The minimum atomic E-state index is -0.121. The number of nitrogens with zero attached hydrogens (tertiary/aromatic N) is 2. The van der Waals surface area contributed by atoms with Crippen molar-refractivity contribution < 1.29 is 9.32 Å². The Kier molecular flexibility index (Phi) is 4.23. The van der Waals surface area contributed by atoms with Gasteiger partial charge in [0.2, 0.25) is 5.76 Å². The fourth-order valence-electron chi connectivity index (χ4n) is 2.31. The van der Waals surface area contributed by atoms with E-state index in [4.69, 9.17) is 4.52 Å². The zero-order chi connectivity index (χ0) is 14.7. The molecule has 0 bridgehead atoms. The summed E-state index contributed by atoms with van der Waals surface area (Å²) in [7, 11) is 0. The SMILES string of the molecule is CC(C)N(C(=O)c1cc(-c2ccccc2)no1)C(C)C. The number of benzene rings is 1. The van der Waals surface area contributed by atoms with Gasteiger partial charge >= 0.3 is 0 Å². The van der Waals surface area contributed by atoms with Gasteiger partial charge in [0.15, 0.2) is 0 Å². The summed E-state index contributed by atoms with van der Waals surface area (Å²) in [5.74, 6) is 0.163. The van der Waals surface area contributed by atoms with Gasteiger partial charge in [-0.25, -0.2) is 0 Å². The topological polar surface area (TPSA) is 46.3 Å². The highest BCUT2D eigenvalue weighted by atomic mass is 16.5. The van der Waals surface area contributed by atoms with Crippen LogP contribution in [0.1, 0.15) is 38.2 Å². The molecule has 0 aliphatic rings. The van der Waals surface area contributed by atoms with Gasteiger partial charge in [0.1, 0.15) is 5.69 Å². The van der Waals surface area contributed by atoms with Crippen molar-refractivity contribution in [1.82, 2.24) is 10.1 Å². The second-order valence-corrected chi connectivity index (χ2v) is 5.34. The standard InChI is InChI=1S/C16H20N2O2/c1-11(2)18(12(3)4)16(19)15-10-14(17-20-15)13-8-6-5-7-9-13/h5-12H,1-4H3. The van der Waals surface area contributed by atoms with E-state index in [9.17, 15) is 4.79 Å². The molecule has 0 saturated carbocycles. The molecule has 2 rings (SSSR count). The Balaban J connectivity index is 2.27. The van der Waals surface area contributed by atoms with E-state index in [1.54, 1.807) is 11.0 Å². The van der Waals surface area contributed by atoms with Crippen molar-refractivity contribution in [1.29, 1.82) is 0 Å². The Hall–Kier alpha value is -2.10. The lowest BCUT2D eigenvalue weighted by Gasteiger charge is -2.29. The first-order chi connectivity index (χ1) is 9.50. The molecule has 2 aromatic rings. The molecule has 0 spiro atoms. The highest BCUT2D eigenvalue weighted by molar-refractivity contribution is 5.92. The lowest BCUT2D eigenvalue weighted by Crippen LogP contribution is -2.41. The first-order valence-corrected chi connectivity index (χ1v) is 6.85. The summed E-state index contributed by atoms with van der Waals surface area (Å²) in [4.78, 5) is 14.3. The molecule has 1 amide bonds. The Labute approximate surface area is 119 Å². The van der Waals surface area contributed by atoms with Crippen molar-refractivity contribution in [2.75, 3.05) is 0 Å². The van der Waals surface area contributed by atoms with E-state index in [1.165, 1.54) is 0 Å². The molecule has 106 valence electrons. The molecule has 1 aromatic heterocycles. The minimum absolute atomic E-state index is 0.118. The van der Waals surface area contributed by atoms with Crippen molar-refractivity contribution in [2.24, 2.45) is 0 Å². The summed E-state index contributed by atoms with van der Waals surface area (Å²) in [6, 6.07) is 11.6. The fraction of sp³-hybridized carbons (Fsp3) is 0.375. The second-order valence-electron chi connectivity index (χ2n) is 5.34. The van der Waals surface area contributed by atoms with Gasteiger partial charge in [0, 0.05) is 23.7 Å². The molecule has 20 heavy (non-hydrogen) atoms. The van der Waals surface area contributed by atoms with E-state index >= 15 is 0 Å². The molecule has 0 aliphatic carbocycles. The fourth-order valence-corrected chi connectivity index (χ4v) is 2.31. The molecule has 1 aromatic carbocycles. The van der Waals surface area contributed by atoms with E-state index in [2.05, 4.69) is 5.16 Å². The van der Waals surface area contributed by atoms with Gasteiger partial charge in [0.25, 0.3) is 5.91 Å². The van der Waals surface area contributed by atoms with Crippen LogP contribution >= 0.6 is 0 Å². The third kappa shape index (κ3) is 2.90. The van der Waals surface area contributed by atoms with Crippen LogP contribution in [-0.4, -0.2) is 28.0 Å². The first-order valence-electron chi connectivity index (χ1n) is 6.85. The number of hydrogen-bond acceptors (Lipinski definition) is 3. The molecule has 0 atom stereocenters. The van der Waals surface area contributed by atoms with Crippen LogP contribution in [0.2, 0.25) is 0 Å². The highest BCUT2D eigenvalue weighted by Gasteiger charge is 2.25. The van der Waals surface area contributed by atoms with Crippen molar-refractivity contribution in [3.63, 3.8) is 0 Å². The van der Waals surface area contributed by atoms with E-state index in [-0.39, 0.29) is 23.8 Å². The van der Waals surface area contributed by atoms with Crippen LogP contribution < -0.4 is 0 Å². The minimum Gasteiger partial charge on any atom is -0.350 e. The maximum atomic E-state index is 12.5. The van der Waals surface area contributed by atoms with Crippen molar-refractivity contribution in [2.45, 2.75) is 39.8 Å². The van der Waals surface area contributed by atoms with Crippen LogP contribution in [0.15, 0.2) is 40.9 Å². The van der Waals surface area contributed by atoms with Gasteiger partial charge < -0.3 is 9.42 Å². The van der Waals surface area contributed by atoms with Crippen LogP contribution in [0.25, 0.3) is 11.3 Å². The summed E-state index contributed by atoms with van der Waals surface area (Å²) in [6.07, 6.45) is 0. The van der Waals surface area contributed by atoms with Gasteiger partial charge in [-0.05, 0) is 27.7 Å². The average Bonchev–Trinajstić information content (AvgIpc) is 2.88. The highest BCUT2D eigenvalue weighted by Crippen LogP contribution is 2.20. The van der Waals surface area contributed by atoms with Crippen molar-refractivity contribution in [3.05, 3.63) is 42.2 Å². The lowest BCUT2D eigenvalue weighted by molar-refractivity contribution is 0.0601. The summed E-state index contributed by atoms with van der Waals surface area (Å²) < 4.78 is 5.22. The van der Waals surface area contributed by atoms with Gasteiger partial charge in [-0.15, -0.1) is 0 Å². The van der Waals surface area contributed by atoms with Gasteiger partial charge in [-0.2, -0.15) is 0 Å². The largest absolute Gasteiger partial charge is 0.350 e. The molecular weight excluding hydrogens is 252 g/mol. The van der Waals surface area contributed by atoms with Crippen LogP contribution in [0, 0.1) is 0 Å². The van der Waals surface area contributed by atoms with Crippen LogP contribution in [0.3, 0.4) is 0 Å². The quantitative estimate of drug-likeness (QED) is 0.854. The zero-order valence-corrected chi connectivity index (χ0v) is 12.3. The summed E-state index contributed by atoms with van der Waals surface area (Å²) >= 11 is 0. The van der Waals surface area contributed by atoms with Crippen molar-refractivity contribution in [3.8, 4) is 11.3 Å². The predicted octanol–water partition coefficient (Wildman–Crippen LogP) is 3.60. The number of aromatic nitrogens is 1. The van der Waals surface area contributed by atoms with Gasteiger partial charge in [0.05, 0.1) is 0 Å². The Morgan fingerprint density at radius 3 is 2.25 bits per heavy atom. The lowest BCUT2D eigenvalue weighted by atomic mass is 10.1. The molecule has 0 fully saturated rings. The summed E-state index contributed by atoms with van der Waals surface area (Å²) in [5, 5.41) is 3.99. The van der Waals surface area contributed by atoms with E-state index in [0.29, 0.717) is 5.69 Å². The van der Waals surface area contributed by atoms with Crippen LogP contribution in [0.5, 0.6) is 0 Å². The molecule has 0 N–H and O–H groups in total. The molecular formula is C16H20N2O2. The summed E-state index contributed by atoms with van der Waals surface area (Å²) in [5.41, 5.74) is 1.62. The maximum Gasteiger partial charge on any atom is 0.292 e. The molecule has 0 saturated heterocycles. The smallest absolute Gasteiger partial charge is 0.292 e. The number of carbonyl (C=O) groups excluding carboxylic acids is 1. The van der Waals surface area contributed by atoms with E-state index < -0.39 is 0 Å². The van der Waals surface area contributed by atoms with Gasteiger partial charge in [-0.3, -0.25) is 4.79 Å². The maximum absolute atomic E-state index is 12.5. The van der Waals surface area contributed by atoms with Crippen LogP contribution in [0.4, 0.5) is 0 Å². The number of carbonyl (C=O) groups is 1. The number of amides is 1. The molecule has 1 heterocycles. The Morgan fingerprint density at radius 2 is 1.70 bits per heavy atom. The second kappa shape index (κ2) is 5.90. The average molecular weight is 272 g/mol. The predicted molar refractivity (Wildman–Crippen MR) is 78.4 cm³/mol. The Bertz CT molecular complexity index is 565. The molecule has 0 unspecified atom stereocenters. The monoisotopic (exact) mass is 272 g/mol. The Morgan fingerprint density at radius 1 is 1.10 bits per heavy atom. The molecule has 4 nitrogen and oxygen atoms in total. The number of hydrogen-bond donors (Lipinski definition) is 0. The third-order valence-corrected chi connectivity index (χ3v) is 3.14. The number of rotatable bonds is 4. The molecule has 0 radical (unpaired) electrons.